The van der Waals surface area contributed by atoms with Crippen LogP contribution < -0.4 is 10.6 Å². The van der Waals surface area contributed by atoms with E-state index in [-0.39, 0.29) is 28.0 Å². The Hall–Kier alpha value is -3.53. The van der Waals surface area contributed by atoms with Gasteiger partial charge in [-0.3, -0.25) is 14.4 Å². The van der Waals surface area contributed by atoms with Gasteiger partial charge in [0.15, 0.2) is 5.82 Å². The van der Waals surface area contributed by atoms with Crippen molar-refractivity contribution in [2.45, 2.75) is 46.2 Å². The fourth-order valence-corrected chi connectivity index (χ4v) is 4.22. The molecule has 0 saturated carbocycles. The van der Waals surface area contributed by atoms with E-state index in [0.717, 1.165) is 0 Å². The topological polar surface area (TPSA) is 119 Å². The predicted molar refractivity (Wildman–Crippen MR) is 117 cm³/mol. The fourth-order valence-electron chi connectivity index (χ4n) is 3.83. The van der Waals surface area contributed by atoms with Crippen LogP contribution in [0.25, 0.3) is 0 Å². The SMILES string of the molecule is Cc1noc([C@@H](C)NC(=O)C(=O)c2c(Cl)c(C(=O)Nc3ccc(F)c(C)c3)c3n2CCC3)n1. The summed E-state index contributed by atoms with van der Waals surface area (Å²) in [4.78, 5) is 42.7. The van der Waals surface area contributed by atoms with E-state index >= 15 is 0 Å². The standard InChI is InChI=1S/C22H21ClFN5O4/c1-10-9-13(6-7-14(10)24)27-20(31)16-15-5-4-8-29(15)18(17(16)23)19(30)21(32)25-11(2)22-26-12(3)28-33-22/h6-7,9,11H,4-5,8H2,1-3H3,(H,25,32)(H,27,31)/t11-/m1/s1. The molecule has 172 valence electrons. The highest BCUT2D eigenvalue weighted by molar-refractivity contribution is 6.48. The van der Waals surface area contributed by atoms with E-state index in [2.05, 4.69) is 20.8 Å². The summed E-state index contributed by atoms with van der Waals surface area (Å²) in [6.45, 7) is 5.27. The molecule has 3 heterocycles. The number of Topliss-reactive ketones (excluding diaryl/α,β-unsaturated/α-hetero) is 1. The van der Waals surface area contributed by atoms with Crippen LogP contribution in [0.2, 0.25) is 5.02 Å². The third-order valence-electron chi connectivity index (χ3n) is 5.43. The second-order valence-corrected chi connectivity index (χ2v) is 8.24. The van der Waals surface area contributed by atoms with Gasteiger partial charge < -0.3 is 19.7 Å². The van der Waals surface area contributed by atoms with Gasteiger partial charge in [-0.05, 0) is 57.4 Å². The molecule has 2 aromatic heterocycles. The Bertz CT molecular complexity index is 1280. The maximum atomic E-state index is 13.5. The van der Waals surface area contributed by atoms with Crippen molar-refractivity contribution in [3.63, 3.8) is 0 Å². The Kier molecular flexibility index (Phi) is 6.03. The first-order chi connectivity index (χ1) is 15.7. The lowest BCUT2D eigenvalue weighted by molar-refractivity contribution is -0.117. The van der Waals surface area contributed by atoms with Gasteiger partial charge in [0.2, 0.25) is 5.89 Å². The van der Waals surface area contributed by atoms with Gasteiger partial charge in [-0.1, -0.05) is 16.8 Å². The van der Waals surface area contributed by atoms with E-state index in [4.69, 9.17) is 16.1 Å². The quantitative estimate of drug-likeness (QED) is 0.417. The summed E-state index contributed by atoms with van der Waals surface area (Å²) in [7, 11) is 0. The molecule has 9 nitrogen and oxygen atoms in total. The van der Waals surface area contributed by atoms with Crippen LogP contribution in [0.3, 0.4) is 0 Å². The molecule has 0 aliphatic carbocycles. The molecule has 0 bridgehead atoms. The summed E-state index contributed by atoms with van der Waals surface area (Å²) >= 11 is 6.48. The number of fused-ring (bicyclic) bond motifs is 1. The van der Waals surface area contributed by atoms with Crippen molar-refractivity contribution >= 4 is 34.9 Å². The molecule has 1 aliphatic rings. The van der Waals surface area contributed by atoms with Gasteiger partial charge in [0.25, 0.3) is 17.6 Å². The number of nitrogens with one attached hydrogen (secondary N) is 2. The van der Waals surface area contributed by atoms with Crippen molar-refractivity contribution < 1.29 is 23.3 Å². The number of halogens is 2. The zero-order chi connectivity index (χ0) is 23.9. The number of hydrogen-bond acceptors (Lipinski definition) is 6. The molecule has 0 radical (unpaired) electrons. The second kappa shape index (κ2) is 8.78. The maximum absolute atomic E-state index is 13.5. The van der Waals surface area contributed by atoms with E-state index in [1.54, 1.807) is 25.3 Å². The molecule has 2 N–H and O–H groups in total. The zero-order valence-corrected chi connectivity index (χ0v) is 18.9. The number of ketones is 1. The second-order valence-electron chi connectivity index (χ2n) is 7.86. The highest BCUT2D eigenvalue weighted by Gasteiger charge is 2.35. The van der Waals surface area contributed by atoms with Crippen LogP contribution in [0.1, 0.15) is 63.2 Å². The first-order valence-corrected chi connectivity index (χ1v) is 10.7. The summed E-state index contributed by atoms with van der Waals surface area (Å²) in [5, 5.41) is 8.78. The van der Waals surface area contributed by atoms with Gasteiger partial charge in [-0.15, -0.1) is 0 Å². The van der Waals surface area contributed by atoms with Crippen LogP contribution in [0, 0.1) is 19.7 Å². The first kappa shape index (κ1) is 22.7. The molecule has 0 spiro atoms. The van der Waals surface area contributed by atoms with Crippen molar-refractivity contribution in [2.24, 2.45) is 0 Å². The van der Waals surface area contributed by atoms with E-state index in [1.807, 2.05) is 0 Å². The monoisotopic (exact) mass is 473 g/mol. The third kappa shape index (κ3) is 4.25. The number of anilines is 1. The molecule has 2 amide bonds. The van der Waals surface area contributed by atoms with E-state index in [9.17, 15) is 18.8 Å². The lowest BCUT2D eigenvalue weighted by atomic mass is 10.1. The highest BCUT2D eigenvalue weighted by Crippen LogP contribution is 2.34. The largest absolute Gasteiger partial charge is 0.340 e. The minimum Gasteiger partial charge on any atom is -0.340 e. The molecule has 0 unspecified atom stereocenters. The van der Waals surface area contributed by atoms with E-state index in [0.29, 0.717) is 42.2 Å². The third-order valence-corrected chi connectivity index (χ3v) is 5.80. The van der Waals surface area contributed by atoms with Crippen molar-refractivity contribution in [3.8, 4) is 0 Å². The number of carbonyl (C=O) groups is 3. The Labute approximate surface area is 193 Å². The van der Waals surface area contributed by atoms with E-state index in [1.165, 1.54) is 18.2 Å². The number of benzene rings is 1. The average molecular weight is 474 g/mol. The van der Waals surface area contributed by atoms with Crippen molar-refractivity contribution in [2.75, 3.05) is 5.32 Å². The molecule has 0 fully saturated rings. The van der Waals surface area contributed by atoms with Crippen molar-refractivity contribution in [1.82, 2.24) is 20.0 Å². The molecule has 1 aliphatic heterocycles. The van der Waals surface area contributed by atoms with Gasteiger partial charge in [0, 0.05) is 17.9 Å². The molecular weight excluding hydrogens is 453 g/mol. The minimum atomic E-state index is -0.909. The summed E-state index contributed by atoms with van der Waals surface area (Å²) in [6, 6.07) is 3.49. The number of aromatic nitrogens is 3. The highest BCUT2D eigenvalue weighted by atomic mass is 35.5. The Morgan fingerprint density at radius 3 is 2.70 bits per heavy atom. The molecule has 3 aromatic rings. The van der Waals surface area contributed by atoms with Crippen LogP contribution in [-0.4, -0.2) is 32.3 Å². The van der Waals surface area contributed by atoms with Crippen LogP contribution in [0.15, 0.2) is 22.7 Å². The van der Waals surface area contributed by atoms with Gasteiger partial charge in [-0.2, -0.15) is 4.98 Å². The number of rotatable bonds is 6. The molecule has 11 heteroatoms. The lowest BCUT2D eigenvalue weighted by Crippen LogP contribution is -2.34. The van der Waals surface area contributed by atoms with Gasteiger partial charge in [-0.25, -0.2) is 4.39 Å². The molecule has 0 saturated heterocycles. The van der Waals surface area contributed by atoms with Crippen LogP contribution in [-0.2, 0) is 17.8 Å². The number of hydrogen-bond donors (Lipinski definition) is 2. The summed E-state index contributed by atoms with van der Waals surface area (Å²) in [6.07, 6.45) is 1.22. The van der Waals surface area contributed by atoms with E-state index < -0.39 is 23.6 Å². The summed E-state index contributed by atoms with van der Waals surface area (Å²) < 4.78 is 20.2. The number of carbonyl (C=O) groups excluding carboxylic acids is 3. The minimum absolute atomic E-state index is 0.0454. The molecule has 33 heavy (non-hydrogen) atoms. The smallest absolute Gasteiger partial charge is 0.294 e. The predicted octanol–water partition coefficient (Wildman–Crippen LogP) is 3.54. The number of amides is 2. The molecule has 4 rings (SSSR count). The number of aryl methyl sites for hydroxylation is 2. The van der Waals surface area contributed by atoms with Gasteiger partial charge in [0.1, 0.15) is 17.6 Å². The lowest BCUT2D eigenvalue weighted by Gasteiger charge is -2.10. The average Bonchev–Trinajstić information content (AvgIpc) is 3.46. The van der Waals surface area contributed by atoms with Gasteiger partial charge in [0.05, 0.1) is 10.6 Å². The van der Waals surface area contributed by atoms with Crippen LogP contribution in [0.4, 0.5) is 10.1 Å². The number of nitrogens with zero attached hydrogens (tertiary/aromatic N) is 3. The van der Waals surface area contributed by atoms with Gasteiger partial charge >= 0.3 is 0 Å². The normalized spacial score (nSPS) is 13.5. The Morgan fingerprint density at radius 2 is 2.03 bits per heavy atom. The first-order valence-electron chi connectivity index (χ1n) is 10.3. The van der Waals surface area contributed by atoms with Crippen LogP contribution in [0.5, 0.6) is 0 Å². The Morgan fingerprint density at radius 1 is 1.27 bits per heavy atom. The fraction of sp³-hybridized carbons (Fsp3) is 0.318. The van der Waals surface area contributed by atoms with Crippen molar-refractivity contribution in [1.29, 1.82) is 0 Å². The Balaban J connectivity index is 1.60. The molecule has 1 aromatic carbocycles. The molecular formula is C22H21ClFN5O4. The zero-order valence-electron chi connectivity index (χ0n) is 18.2. The molecule has 1 atom stereocenters. The summed E-state index contributed by atoms with van der Waals surface area (Å²) in [5.41, 5.74) is 1.43. The van der Waals surface area contributed by atoms with Crippen molar-refractivity contribution in [3.05, 3.63) is 63.3 Å². The van der Waals surface area contributed by atoms with Crippen LogP contribution >= 0.6 is 11.6 Å². The summed E-state index contributed by atoms with van der Waals surface area (Å²) in [5.74, 6) is -2.14. The maximum Gasteiger partial charge on any atom is 0.294 e.